The van der Waals surface area contributed by atoms with Crippen LogP contribution in [-0.4, -0.2) is 34.4 Å². The van der Waals surface area contributed by atoms with Gasteiger partial charge in [0.25, 0.3) is 11.8 Å². The topological polar surface area (TPSA) is 116 Å². The minimum absolute atomic E-state index is 0.00559. The number of amides is 2. The van der Waals surface area contributed by atoms with Crippen LogP contribution >= 0.6 is 0 Å². The number of phenols is 1. The molecule has 7 nitrogen and oxygen atoms in total. The second kappa shape index (κ2) is 8.04. The van der Waals surface area contributed by atoms with E-state index in [1.165, 1.54) is 42.5 Å². The molecule has 1 atom stereocenters. The molecular formula is C24H20N2O5. The first-order chi connectivity index (χ1) is 14.9. The molecule has 3 aromatic rings. The number of hydrogen-bond donors (Lipinski definition) is 4. The Hall–Kier alpha value is -3.97. The lowest BCUT2D eigenvalue weighted by molar-refractivity contribution is -0.135. The number of nitrogens with one attached hydrogen (secondary N) is 2. The summed E-state index contributed by atoms with van der Waals surface area (Å²) >= 11 is 0. The summed E-state index contributed by atoms with van der Waals surface area (Å²) in [5, 5.41) is 26.2. The molecule has 0 bridgehead atoms. The van der Waals surface area contributed by atoms with Crippen LogP contribution in [0.2, 0.25) is 0 Å². The van der Waals surface area contributed by atoms with Crippen molar-refractivity contribution in [1.29, 1.82) is 0 Å². The number of ketones is 1. The van der Waals surface area contributed by atoms with Gasteiger partial charge in [0.1, 0.15) is 5.75 Å². The van der Waals surface area contributed by atoms with Crippen molar-refractivity contribution in [2.24, 2.45) is 0 Å². The maximum absolute atomic E-state index is 13.2. The predicted octanol–water partition coefficient (Wildman–Crippen LogP) is 2.39. The van der Waals surface area contributed by atoms with Crippen molar-refractivity contribution in [2.45, 2.75) is 12.0 Å². The number of carbonyl (C=O) groups excluding carboxylic acids is 3. The first-order valence-corrected chi connectivity index (χ1v) is 9.69. The molecule has 0 aliphatic carbocycles. The number of aromatic hydroxyl groups is 1. The third kappa shape index (κ3) is 4.04. The van der Waals surface area contributed by atoms with Crippen LogP contribution in [0.4, 0.5) is 5.69 Å². The van der Waals surface area contributed by atoms with Crippen LogP contribution in [0.5, 0.6) is 5.75 Å². The van der Waals surface area contributed by atoms with Crippen molar-refractivity contribution < 1.29 is 24.6 Å². The summed E-state index contributed by atoms with van der Waals surface area (Å²) in [7, 11) is 0. The van der Waals surface area contributed by atoms with Gasteiger partial charge in [0.2, 0.25) is 0 Å². The first-order valence-electron chi connectivity index (χ1n) is 9.69. The van der Waals surface area contributed by atoms with Crippen LogP contribution in [0.1, 0.15) is 31.8 Å². The maximum atomic E-state index is 13.2. The average molecular weight is 416 g/mol. The smallest absolute Gasteiger partial charge is 0.261 e. The number of hydrogen-bond acceptors (Lipinski definition) is 5. The highest BCUT2D eigenvalue weighted by atomic mass is 16.3. The van der Waals surface area contributed by atoms with Crippen LogP contribution in [0.3, 0.4) is 0 Å². The van der Waals surface area contributed by atoms with Gasteiger partial charge in [-0.1, -0.05) is 42.5 Å². The Balaban J connectivity index is 1.68. The molecule has 1 aliphatic heterocycles. The number of rotatable bonds is 5. The van der Waals surface area contributed by atoms with Gasteiger partial charge in [-0.25, -0.2) is 0 Å². The van der Waals surface area contributed by atoms with Gasteiger partial charge in [-0.3, -0.25) is 14.4 Å². The molecule has 3 aromatic carbocycles. The summed E-state index contributed by atoms with van der Waals surface area (Å²) < 4.78 is 0. The first kappa shape index (κ1) is 20.3. The fraction of sp³-hybridized carbons (Fsp3) is 0.125. The molecule has 0 spiro atoms. The van der Waals surface area contributed by atoms with Gasteiger partial charge in [-0.15, -0.1) is 0 Å². The van der Waals surface area contributed by atoms with Crippen molar-refractivity contribution in [3.8, 4) is 5.75 Å². The monoisotopic (exact) mass is 416 g/mol. The molecule has 4 rings (SSSR count). The molecule has 7 heteroatoms. The summed E-state index contributed by atoms with van der Waals surface area (Å²) in [4.78, 5) is 37.3. The van der Waals surface area contributed by atoms with Gasteiger partial charge in [0.05, 0.1) is 12.1 Å². The summed E-state index contributed by atoms with van der Waals surface area (Å²) in [5.74, 6) is -1.30. The Bertz CT molecular complexity index is 1160. The van der Waals surface area contributed by atoms with E-state index in [4.69, 9.17) is 0 Å². The zero-order valence-electron chi connectivity index (χ0n) is 16.5. The second-order valence-electron chi connectivity index (χ2n) is 7.39. The van der Waals surface area contributed by atoms with E-state index in [1.54, 1.807) is 12.1 Å². The van der Waals surface area contributed by atoms with Gasteiger partial charge >= 0.3 is 0 Å². The summed E-state index contributed by atoms with van der Waals surface area (Å²) in [6.45, 7) is -0.0603. The fourth-order valence-corrected chi connectivity index (χ4v) is 3.58. The molecule has 2 amide bonds. The van der Waals surface area contributed by atoms with E-state index >= 15 is 0 Å². The molecule has 0 fully saturated rings. The van der Waals surface area contributed by atoms with E-state index < -0.39 is 17.4 Å². The largest absolute Gasteiger partial charge is 0.508 e. The summed E-state index contributed by atoms with van der Waals surface area (Å²) in [6, 6.07) is 19.2. The van der Waals surface area contributed by atoms with Crippen molar-refractivity contribution >= 4 is 23.3 Å². The highest BCUT2D eigenvalue weighted by molar-refractivity contribution is 6.14. The Morgan fingerprint density at radius 2 is 1.68 bits per heavy atom. The van der Waals surface area contributed by atoms with Crippen molar-refractivity contribution in [2.75, 3.05) is 11.9 Å². The second-order valence-corrected chi connectivity index (χ2v) is 7.39. The third-order valence-corrected chi connectivity index (χ3v) is 5.26. The van der Waals surface area contributed by atoms with Crippen LogP contribution < -0.4 is 10.6 Å². The van der Waals surface area contributed by atoms with Crippen molar-refractivity contribution in [1.82, 2.24) is 5.32 Å². The van der Waals surface area contributed by atoms with E-state index in [9.17, 15) is 24.6 Å². The number of anilines is 1. The highest BCUT2D eigenvalue weighted by Crippen LogP contribution is 2.30. The Morgan fingerprint density at radius 3 is 2.39 bits per heavy atom. The SMILES string of the molecule is O=C1CNC(=O)c2cc(NC(=O)C(O)(Cc3ccccc3)c3ccc(O)cc3)ccc21. The van der Waals surface area contributed by atoms with Crippen LogP contribution in [0.15, 0.2) is 72.8 Å². The molecule has 0 saturated heterocycles. The molecule has 1 unspecified atom stereocenters. The minimum Gasteiger partial charge on any atom is -0.508 e. The van der Waals surface area contributed by atoms with E-state index in [0.29, 0.717) is 11.1 Å². The zero-order valence-corrected chi connectivity index (χ0v) is 16.5. The fourth-order valence-electron chi connectivity index (χ4n) is 3.58. The van der Waals surface area contributed by atoms with Crippen molar-refractivity contribution in [3.63, 3.8) is 0 Å². The van der Waals surface area contributed by atoms with Gasteiger partial charge in [-0.05, 0) is 41.5 Å². The molecule has 1 heterocycles. The summed E-state index contributed by atoms with van der Waals surface area (Å²) in [5.41, 5.74) is -0.159. The maximum Gasteiger partial charge on any atom is 0.261 e. The molecule has 0 radical (unpaired) electrons. The van der Waals surface area contributed by atoms with E-state index in [1.807, 2.05) is 18.2 Å². The number of aliphatic hydroxyl groups is 1. The zero-order chi connectivity index (χ0) is 22.0. The number of fused-ring (bicyclic) bond motifs is 1. The van der Waals surface area contributed by atoms with Crippen LogP contribution in [0, 0.1) is 0 Å². The van der Waals surface area contributed by atoms with Gasteiger partial charge in [-0.2, -0.15) is 0 Å². The highest BCUT2D eigenvalue weighted by Gasteiger charge is 2.38. The van der Waals surface area contributed by atoms with Crippen LogP contribution in [0.25, 0.3) is 0 Å². The molecular weight excluding hydrogens is 396 g/mol. The van der Waals surface area contributed by atoms with Gasteiger partial charge in [0, 0.05) is 17.7 Å². The van der Waals surface area contributed by atoms with Gasteiger partial charge in [0.15, 0.2) is 11.4 Å². The number of phenolic OH excluding ortho intramolecular Hbond substituents is 1. The normalized spacial score (nSPS) is 14.9. The third-order valence-electron chi connectivity index (χ3n) is 5.26. The van der Waals surface area contributed by atoms with Crippen molar-refractivity contribution in [3.05, 3.63) is 95.1 Å². The Labute approximate surface area is 178 Å². The molecule has 31 heavy (non-hydrogen) atoms. The lowest BCUT2D eigenvalue weighted by atomic mass is 9.86. The van der Waals surface area contributed by atoms with E-state index in [-0.39, 0.29) is 35.7 Å². The minimum atomic E-state index is -1.94. The average Bonchev–Trinajstić information content (AvgIpc) is 2.77. The van der Waals surface area contributed by atoms with E-state index in [2.05, 4.69) is 10.6 Å². The molecule has 1 aliphatic rings. The number of Topliss-reactive ketones (excluding diaryl/α,β-unsaturated/α-hetero) is 1. The molecule has 0 saturated carbocycles. The predicted molar refractivity (Wildman–Crippen MR) is 114 cm³/mol. The molecule has 0 aromatic heterocycles. The Morgan fingerprint density at radius 1 is 0.968 bits per heavy atom. The van der Waals surface area contributed by atoms with Gasteiger partial charge < -0.3 is 20.8 Å². The van der Waals surface area contributed by atoms with E-state index in [0.717, 1.165) is 5.56 Å². The quantitative estimate of drug-likeness (QED) is 0.510. The Kier molecular flexibility index (Phi) is 5.27. The lowest BCUT2D eigenvalue weighted by Gasteiger charge is -2.28. The van der Waals surface area contributed by atoms with Crippen LogP contribution in [-0.2, 0) is 16.8 Å². The lowest BCUT2D eigenvalue weighted by Crippen LogP contribution is -2.42. The summed E-state index contributed by atoms with van der Waals surface area (Å²) in [6.07, 6.45) is -0.00559. The standard InChI is InChI=1S/C24H20N2O5/c27-18-9-6-16(7-10-18)24(31,13-15-4-2-1-3-5-15)23(30)26-17-8-11-19-20(12-17)22(29)25-14-21(19)28/h1-12,27,31H,13-14H2,(H,25,29)(H,26,30). The number of benzene rings is 3. The molecule has 4 N–H and O–H groups in total. The number of carbonyl (C=O) groups is 3. The molecule has 156 valence electrons.